The summed E-state index contributed by atoms with van der Waals surface area (Å²) in [6, 6.07) is 7.64. The number of ether oxygens (including phenoxy) is 1. The van der Waals surface area contributed by atoms with Gasteiger partial charge < -0.3 is 10.1 Å². The average molecular weight is 259 g/mol. The van der Waals surface area contributed by atoms with Crippen molar-refractivity contribution in [1.29, 1.82) is 0 Å². The third kappa shape index (κ3) is 3.18. The normalized spacial score (nSPS) is 23.5. The van der Waals surface area contributed by atoms with Gasteiger partial charge in [0.1, 0.15) is 0 Å². The predicted octanol–water partition coefficient (Wildman–Crippen LogP) is 2.87. The van der Waals surface area contributed by atoms with Gasteiger partial charge in [0.25, 0.3) is 0 Å². The van der Waals surface area contributed by atoms with Crippen molar-refractivity contribution < 1.29 is 4.74 Å². The fraction of sp³-hybridized carbons (Fsp3) is 0.647. The van der Waals surface area contributed by atoms with Gasteiger partial charge in [-0.25, -0.2) is 0 Å². The van der Waals surface area contributed by atoms with Gasteiger partial charge in [-0.2, -0.15) is 0 Å². The molecule has 2 aliphatic rings. The van der Waals surface area contributed by atoms with Crippen molar-refractivity contribution in [2.45, 2.75) is 57.1 Å². The molecule has 1 aliphatic carbocycles. The van der Waals surface area contributed by atoms with Crippen LogP contribution in [0.4, 0.5) is 0 Å². The van der Waals surface area contributed by atoms with Crippen molar-refractivity contribution in [2.75, 3.05) is 13.7 Å². The Labute approximate surface area is 116 Å². The summed E-state index contributed by atoms with van der Waals surface area (Å²) in [5, 5.41) is 3.47. The van der Waals surface area contributed by atoms with E-state index in [2.05, 4.69) is 30.6 Å². The summed E-state index contributed by atoms with van der Waals surface area (Å²) in [6.07, 6.45) is 9.12. The van der Waals surface area contributed by atoms with E-state index in [1.54, 1.807) is 11.1 Å². The van der Waals surface area contributed by atoms with Gasteiger partial charge in [-0.1, -0.05) is 18.2 Å². The van der Waals surface area contributed by atoms with Crippen LogP contribution in [0.1, 0.15) is 42.4 Å². The minimum absolute atomic E-state index is 0.479. The molecular formula is C17H25NO. The largest absolute Gasteiger partial charge is 0.378 e. The summed E-state index contributed by atoms with van der Waals surface area (Å²) in [7, 11) is 2.08. The second-order valence-corrected chi connectivity index (χ2v) is 6.02. The first-order valence-corrected chi connectivity index (χ1v) is 7.74. The summed E-state index contributed by atoms with van der Waals surface area (Å²) in [6.45, 7) is 0.958. The number of hydrogen-bond acceptors (Lipinski definition) is 2. The highest BCUT2D eigenvalue weighted by atomic mass is 16.5. The standard InChI is InChI=1S/C17H25NO/c1-18-16(12-17-6-3-9-19-17)11-13-7-8-14-4-2-5-15(14)10-13/h7-8,10,16-18H,2-6,9,11-12H2,1H3. The number of benzene rings is 1. The molecule has 0 saturated carbocycles. The Hall–Kier alpha value is -0.860. The van der Waals surface area contributed by atoms with Crippen LogP contribution in [0.5, 0.6) is 0 Å². The molecule has 2 heteroatoms. The van der Waals surface area contributed by atoms with Gasteiger partial charge in [0.2, 0.25) is 0 Å². The van der Waals surface area contributed by atoms with Crippen LogP contribution in [0, 0.1) is 0 Å². The molecule has 3 rings (SSSR count). The van der Waals surface area contributed by atoms with Crippen molar-refractivity contribution in [3.8, 4) is 0 Å². The van der Waals surface area contributed by atoms with Crippen LogP contribution in [0.15, 0.2) is 18.2 Å². The lowest BCUT2D eigenvalue weighted by Gasteiger charge is -2.20. The quantitative estimate of drug-likeness (QED) is 0.878. The third-order valence-corrected chi connectivity index (χ3v) is 4.62. The Morgan fingerprint density at radius 3 is 2.95 bits per heavy atom. The zero-order valence-electron chi connectivity index (χ0n) is 12.0. The van der Waals surface area contributed by atoms with Crippen molar-refractivity contribution in [3.05, 3.63) is 34.9 Å². The fourth-order valence-electron chi connectivity index (χ4n) is 3.49. The average Bonchev–Trinajstić information content (AvgIpc) is 3.08. The van der Waals surface area contributed by atoms with E-state index in [1.165, 1.54) is 37.7 Å². The summed E-state index contributed by atoms with van der Waals surface area (Å²) < 4.78 is 5.76. The number of hydrogen-bond donors (Lipinski definition) is 1. The molecule has 1 heterocycles. The second-order valence-electron chi connectivity index (χ2n) is 6.02. The van der Waals surface area contributed by atoms with Crippen LogP contribution in [0.3, 0.4) is 0 Å². The molecule has 2 unspecified atom stereocenters. The molecule has 1 aromatic carbocycles. The molecule has 104 valence electrons. The molecule has 1 fully saturated rings. The molecule has 1 saturated heterocycles. The second kappa shape index (κ2) is 6.06. The van der Waals surface area contributed by atoms with Crippen molar-refractivity contribution >= 4 is 0 Å². The maximum Gasteiger partial charge on any atom is 0.0590 e. The van der Waals surface area contributed by atoms with Gasteiger partial charge in [-0.3, -0.25) is 0 Å². The SMILES string of the molecule is CNC(Cc1ccc2c(c1)CCC2)CC1CCCO1. The summed E-state index contributed by atoms with van der Waals surface area (Å²) >= 11 is 0. The van der Waals surface area contributed by atoms with E-state index in [-0.39, 0.29) is 0 Å². The monoisotopic (exact) mass is 259 g/mol. The molecule has 0 radical (unpaired) electrons. The molecule has 1 aliphatic heterocycles. The Morgan fingerprint density at radius 1 is 1.26 bits per heavy atom. The summed E-state index contributed by atoms with van der Waals surface area (Å²) in [4.78, 5) is 0. The van der Waals surface area contributed by atoms with Gasteiger partial charge in [-0.15, -0.1) is 0 Å². The highest BCUT2D eigenvalue weighted by Crippen LogP contribution is 2.24. The van der Waals surface area contributed by atoms with Crippen molar-refractivity contribution in [3.63, 3.8) is 0 Å². The Bertz CT molecular complexity index is 423. The molecule has 0 amide bonds. The topological polar surface area (TPSA) is 21.3 Å². The fourth-order valence-corrected chi connectivity index (χ4v) is 3.49. The molecule has 0 aromatic heterocycles. The van der Waals surface area contributed by atoms with Crippen LogP contribution in [0.2, 0.25) is 0 Å². The highest BCUT2D eigenvalue weighted by Gasteiger charge is 2.20. The number of aryl methyl sites for hydroxylation is 2. The first-order chi connectivity index (χ1) is 9.35. The molecule has 1 aromatic rings. The van der Waals surface area contributed by atoms with Crippen LogP contribution in [0.25, 0.3) is 0 Å². The number of likely N-dealkylation sites (N-methyl/N-ethyl adjacent to an activating group) is 1. The van der Waals surface area contributed by atoms with Gasteiger partial charge in [-0.05, 0) is 68.7 Å². The van der Waals surface area contributed by atoms with Gasteiger partial charge >= 0.3 is 0 Å². The zero-order chi connectivity index (χ0) is 13.1. The van der Waals surface area contributed by atoms with E-state index in [0.29, 0.717) is 12.1 Å². The smallest absolute Gasteiger partial charge is 0.0590 e. The third-order valence-electron chi connectivity index (χ3n) is 4.62. The Kier molecular flexibility index (Phi) is 4.19. The van der Waals surface area contributed by atoms with E-state index in [1.807, 2.05) is 0 Å². The first kappa shape index (κ1) is 13.1. The minimum atomic E-state index is 0.479. The van der Waals surface area contributed by atoms with Crippen molar-refractivity contribution in [1.82, 2.24) is 5.32 Å². The lowest BCUT2D eigenvalue weighted by atomic mass is 9.97. The molecular weight excluding hydrogens is 234 g/mol. The van der Waals surface area contributed by atoms with Gasteiger partial charge in [0.05, 0.1) is 6.10 Å². The maximum atomic E-state index is 5.76. The van der Waals surface area contributed by atoms with Crippen LogP contribution in [-0.4, -0.2) is 25.8 Å². The lowest BCUT2D eigenvalue weighted by molar-refractivity contribution is 0.0954. The zero-order valence-corrected chi connectivity index (χ0v) is 12.0. The van der Waals surface area contributed by atoms with Gasteiger partial charge in [0.15, 0.2) is 0 Å². The highest BCUT2D eigenvalue weighted by molar-refractivity contribution is 5.35. The van der Waals surface area contributed by atoms with E-state index in [9.17, 15) is 0 Å². The first-order valence-electron chi connectivity index (χ1n) is 7.74. The Morgan fingerprint density at radius 2 is 2.16 bits per heavy atom. The number of rotatable bonds is 5. The molecule has 1 N–H and O–H groups in total. The molecule has 0 spiro atoms. The molecule has 0 bridgehead atoms. The minimum Gasteiger partial charge on any atom is -0.378 e. The van der Waals surface area contributed by atoms with E-state index in [4.69, 9.17) is 4.74 Å². The maximum absolute atomic E-state index is 5.76. The van der Waals surface area contributed by atoms with Crippen LogP contribution < -0.4 is 5.32 Å². The molecule has 2 nitrogen and oxygen atoms in total. The molecule has 2 atom stereocenters. The van der Waals surface area contributed by atoms with E-state index >= 15 is 0 Å². The van der Waals surface area contributed by atoms with E-state index < -0.39 is 0 Å². The van der Waals surface area contributed by atoms with Crippen LogP contribution in [-0.2, 0) is 24.0 Å². The summed E-state index contributed by atoms with van der Waals surface area (Å²) in [5.41, 5.74) is 4.64. The van der Waals surface area contributed by atoms with Crippen molar-refractivity contribution in [2.24, 2.45) is 0 Å². The van der Waals surface area contributed by atoms with E-state index in [0.717, 1.165) is 19.4 Å². The summed E-state index contributed by atoms with van der Waals surface area (Å²) in [5.74, 6) is 0. The molecule has 19 heavy (non-hydrogen) atoms. The predicted molar refractivity (Wildman–Crippen MR) is 78.6 cm³/mol. The number of nitrogens with one attached hydrogen (secondary N) is 1. The van der Waals surface area contributed by atoms with Crippen LogP contribution >= 0.6 is 0 Å². The van der Waals surface area contributed by atoms with Gasteiger partial charge in [0, 0.05) is 12.6 Å². The Balaban J connectivity index is 1.61. The number of fused-ring (bicyclic) bond motifs is 1. The lowest BCUT2D eigenvalue weighted by Crippen LogP contribution is -2.31.